The first-order valence-corrected chi connectivity index (χ1v) is 11.8. The van der Waals surface area contributed by atoms with E-state index in [4.69, 9.17) is 26.6 Å². The fourth-order valence-corrected chi connectivity index (χ4v) is 4.57. The Labute approximate surface area is 208 Å². The third kappa shape index (κ3) is 4.07. The lowest BCUT2D eigenvalue weighted by Crippen LogP contribution is -2.01. The fraction of sp³-hybridized carbons (Fsp3) is 0. The van der Waals surface area contributed by atoms with Crippen LogP contribution in [-0.2, 0) is 0 Å². The Hall–Kier alpha value is -4.34. The van der Waals surface area contributed by atoms with Crippen LogP contribution in [-0.4, -0.2) is 15.0 Å². The van der Waals surface area contributed by atoms with E-state index < -0.39 is 0 Å². The van der Waals surface area contributed by atoms with Crippen molar-refractivity contribution in [2.45, 2.75) is 0 Å². The van der Waals surface area contributed by atoms with Gasteiger partial charge in [-0.2, -0.15) is 0 Å². The molecule has 0 aliphatic carbocycles. The number of aromatic nitrogens is 3. The normalized spacial score (nSPS) is 11.0. The van der Waals surface area contributed by atoms with Gasteiger partial charge in [-0.3, -0.25) is 0 Å². The zero-order chi connectivity index (χ0) is 23.6. The Kier molecular flexibility index (Phi) is 5.53. The molecule has 0 atom stereocenters. The molecule has 1 aromatic heterocycles. The standard InChI is InChI=1S/C31H20ClN3/c32-27-18-10-9-17-25(27)30-33-29(23-14-5-2-6-15-23)34-31(35-30)26-20-19-21-11-7-8-16-24(21)28(26)22-12-3-1-4-13-22/h1-20H. The van der Waals surface area contributed by atoms with Gasteiger partial charge in [0.05, 0.1) is 5.02 Å². The van der Waals surface area contributed by atoms with Crippen LogP contribution in [0.5, 0.6) is 0 Å². The monoisotopic (exact) mass is 469 g/mol. The van der Waals surface area contributed by atoms with Crippen LogP contribution in [0.15, 0.2) is 121 Å². The summed E-state index contributed by atoms with van der Waals surface area (Å²) < 4.78 is 0. The van der Waals surface area contributed by atoms with E-state index in [0.29, 0.717) is 22.5 Å². The first kappa shape index (κ1) is 21.2. The number of benzene rings is 5. The van der Waals surface area contributed by atoms with Crippen molar-refractivity contribution in [3.8, 4) is 45.3 Å². The summed E-state index contributed by atoms with van der Waals surface area (Å²) >= 11 is 6.56. The highest BCUT2D eigenvalue weighted by molar-refractivity contribution is 6.33. The summed E-state index contributed by atoms with van der Waals surface area (Å²) in [6.07, 6.45) is 0. The Morgan fingerprint density at radius 3 is 1.74 bits per heavy atom. The molecule has 166 valence electrons. The van der Waals surface area contributed by atoms with Gasteiger partial charge in [0.15, 0.2) is 17.5 Å². The van der Waals surface area contributed by atoms with Crippen molar-refractivity contribution in [2.75, 3.05) is 0 Å². The molecule has 0 saturated carbocycles. The summed E-state index contributed by atoms with van der Waals surface area (Å²) in [6, 6.07) is 40.6. The van der Waals surface area contributed by atoms with E-state index >= 15 is 0 Å². The summed E-state index contributed by atoms with van der Waals surface area (Å²) in [6.45, 7) is 0. The zero-order valence-electron chi connectivity index (χ0n) is 18.8. The predicted molar refractivity (Wildman–Crippen MR) is 144 cm³/mol. The fourth-order valence-electron chi connectivity index (χ4n) is 4.35. The number of halogens is 1. The van der Waals surface area contributed by atoms with Gasteiger partial charge in [0, 0.05) is 22.3 Å². The molecular formula is C31H20ClN3. The van der Waals surface area contributed by atoms with Crippen LogP contribution in [0.4, 0.5) is 0 Å². The summed E-state index contributed by atoms with van der Waals surface area (Å²) in [7, 11) is 0. The van der Waals surface area contributed by atoms with Gasteiger partial charge in [-0.1, -0.05) is 115 Å². The van der Waals surface area contributed by atoms with Crippen molar-refractivity contribution in [2.24, 2.45) is 0 Å². The van der Waals surface area contributed by atoms with E-state index in [1.807, 2.05) is 60.7 Å². The Morgan fingerprint density at radius 1 is 0.429 bits per heavy atom. The summed E-state index contributed by atoms with van der Waals surface area (Å²) in [5.74, 6) is 1.77. The van der Waals surface area contributed by atoms with E-state index in [0.717, 1.165) is 33.2 Å². The highest BCUT2D eigenvalue weighted by Gasteiger charge is 2.18. The molecule has 3 nitrogen and oxygen atoms in total. The van der Waals surface area contributed by atoms with Gasteiger partial charge < -0.3 is 0 Å². The highest BCUT2D eigenvalue weighted by Crippen LogP contribution is 2.38. The molecule has 0 spiro atoms. The van der Waals surface area contributed by atoms with E-state index in [1.54, 1.807) is 0 Å². The number of nitrogens with zero attached hydrogens (tertiary/aromatic N) is 3. The van der Waals surface area contributed by atoms with Crippen LogP contribution in [0.3, 0.4) is 0 Å². The molecule has 1 heterocycles. The number of fused-ring (bicyclic) bond motifs is 1. The van der Waals surface area contributed by atoms with Crippen LogP contribution in [0, 0.1) is 0 Å². The highest BCUT2D eigenvalue weighted by atomic mass is 35.5. The maximum absolute atomic E-state index is 6.56. The molecule has 0 unspecified atom stereocenters. The molecule has 0 aliphatic heterocycles. The predicted octanol–water partition coefficient (Wildman–Crippen LogP) is 8.35. The average molecular weight is 470 g/mol. The van der Waals surface area contributed by atoms with Crippen LogP contribution >= 0.6 is 11.6 Å². The topological polar surface area (TPSA) is 38.7 Å². The lowest BCUT2D eigenvalue weighted by Gasteiger charge is -2.15. The lowest BCUT2D eigenvalue weighted by molar-refractivity contribution is 1.07. The molecule has 0 aliphatic rings. The number of rotatable bonds is 4. The van der Waals surface area contributed by atoms with Gasteiger partial charge in [0.1, 0.15) is 0 Å². The van der Waals surface area contributed by atoms with E-state index in [2.05, 4.69) is 60.7 Å². The van der Waals surface area contributed by atoms with Gasteiger partial charge in [0.2, 0.25) is 0 Å². The minimum atomic E-state index is 0.548. The minimum absolute atomic E-state index is 0.548. The summed E-state index contributed by atoms with van der Waals surface area (Å²) in [5.41, 5.74) is 4.85. The van der Waals surface area contributed by atoms with Crippen molar-refractivity contribution >= 4 is 22.4 Å². The van der Waals surface area contributed by atoms with Crippen molar-refractivity contribution in [1.29, 1.82) is 0 Å². The summed E-state index contributed by atoms with van der Waals surface area (Å²) in [5, 5.41) is 2.92. The maximum Gasteiger partial charge on any atom is 0.165 e. The van der Waals surface area contributed by atoms with E-state index in [-0.39, 0.29) is 0 Å². The van der Waals surface area contributed by atoms with Crippen LogP contribution < -0.4 is 0 Å². The van der Waals surface area contributed by atoms with Crippen LogP contribution in [0.1, 0.15) is 0 Å². The SMILES string of the molecule is Clc1ccccc1-c1nc(-c2ccccc2)nc(-c2ccc3ccccc3c2-c2ccccc2)n1. The Bertz CT molecular complexity index is 1650. The first-order chi connectivity index (χ1) is 17.3. The smallest absolute Gasteiger partial charge is 0.165 e. The quantitative estimate of drug-likeness (QED) is 0.260. The Morgan fingerprint density at radius 2 is 1.00 bits per heavy atom. The second kappa shape index (κ2) is 9.13. The molecule has 6 aromatic rings. The molecule has 6 rings (SSSR count). The molecule has 0 bridgehead atoms. The van der Waals surface area contributed by atoms with Crippen molar-refractivity contribution in [1.82, 2.24) is 15.0 Å². The third-order valence-electron chi connectivity index (χ3n) is 6.01. The molecule has 0 fully saturated rings. The van der Waals surface area contributed by atoms with Crippen molar-refractivity contribution in [3.63, 3.8) is 0 Å². The van der Waals surface area contributed by atoms with Gasteiger partial charge in [-0.25, -0.2) is 15.0 Å². The molecule has 0 radical (unpaired) electrons. The third-order valence-corrected chi connectivity index (χ3v) is 6.34. The second-order valence-corrected chi connectivity index (χ2v) is 8.63. The Balaban J connectivity index is 1.67. The van der Waals surface area contributed by atoms with E-state index in [1.165, 1.54) is 5.39 Å². The minimum Gasteiger partial charge on any atom is -0.208 e. The maximum atomic E-state index is 6.56. The first-order valence-electron chi connectivity index (χ1n) is 11.4. The van der Waals surface area contributed by atoms with Gasteiger partial charge >= 0.3 is 0 Å². The largest absolute Gasteiger partial charge is 0.208 e. The number of hydrogen-bond acceptors (Lipinski definition) is 3. The van der Waals surface area contributed by atoms with Crippen molar-refractivity contribution in [3.05, 3.63) is 126 Å². The second-order valence-electron chi connectivity index (χ2n) is 8.23. The molecule has 5 aromatic carbocycles. The molecular weight excluding hydrogens is 450 g/mol. The molecule has 0 N–H and O–H groups in total. The molecule has 0 amide bonds. The summed E-state index contributed by atoms with van der Waals surface area (Å²) in [4.78, 5) is 14.7. The number of hydrogen-bond donors (Lipinski definition) is 0. The van der Waals surface area contributed by atoms with Crippen LogP contribution in [0.2, 0.25) is 5.02 Å². The molecule has 0 saturated heterocycles. The van der Waals surface area contributed by atoms with Crippen molar-refractivity contribution < 1.29 is 0 Å². The zero-order valence-corrected chi connectivity index (χ0v) is 19.5. The van der Waals surface area contributed by atoms with Gasteiger partial charge in [0.25, 0.3) is 0 Å². The lowest BCUT2D eigenvalue weighted by atomic mass is 9.93. The average Bonchev–Trinajstić information content (AvgIpc) is 2.93. The van der Waals surface area contributed by atoms with E-state index in [9.17, 15) is 0 Å². The molecule has 35 heavy (non-hydrogen) atoms. The molecule has 4 heteroatoms. The van der Waals surface area contributed by atoms with Crippen LogP contribution in [0.25, 0.3) is 56.1 Å². The van der Waals surface area contributed by atoms with Gasteiger partial charge in [-0.15, -0.1) is 0 Å². The van der Waals surface area contributed by atoms with Gasteiger partial charge in [-0.05, 0) is 34.5 Å².